The molecule has 1 aromatic rings. The average molecular weight is 186 g/mol. The zero-order chi connectivity index (χ0) is 9.19. The Labute approximate surface area is 70.8 Å². The van der Waals surface area contributed by atoms with Crippen molar-refractivity contribution in [3.8, 4) is 0 Å². The SMILES string of the molecule is NCc1ccc(S([O])(=O)=O)cc1. The molecule has 0 bridgehead atoms. The molecule has 1 radical (unpaired) electrons. The molecule has 1 aromatic carbocycles. The highest BCUT2D eigenvalue weighted by atomic mass is 32.2. The number of hydrogen-bond donors (Lipinski definition) is 1. The molecule has 12 heavy (non-hydrogen) atoms. The van der Waals surface area contributed by atoms with Gasteiger partial charge in [0.05, 0.1) is 4.90 Å². The monoisotopic (exact) mass is 186 g/mol. The van der Waals surface area contributed by atoms with Gasteiger partial charge in [-0.25, -0.2) is 0 Å². The first-order chi connectivity index (χ1) is 5.54. The highest BCUT2D eigenvalue weighted by Crippen LogP contribution is 2.09. The number of benzene rings is 1. The first-order valence-corrected chi connectivity index (χ1v) is 4.70. The fraction of sp³-hybridized carbons (Fsp3) is 0.143. The van der Waals surface area contributed by atoms with E-state index in [4.69, 9.17) is 5.73 Å². The van der Waals surface area contributed by atoms with E-state index < -0.39 is 10.1 Å². The predicted molar refractivity (Wildman–Crippen MR) is 42.2 cm³/mol. The molecule has 0 unspecified atom stereocenters. The van der Waals surface area contributed by atoms with Gasteiger partial charge in [0.1, 0.15) is 0 Å². The van der Waals surface area contributed by atoms with E-state index in [-0.39, 0.29) is 4.90 Å². The minimum absolute atomic E-state index is 0.222. The van der Waals surface area contributed by atoms with Crippen LogP contribution in [-0.2, 0) is 21.2 Å². The van der Waals surface area contributed by atoms with Crippen molar-refractivity contribution < 1.29 is 13.0 Å². The van der Waals surface area contributed by atoms with Crippen LogP contribution in [-0.4, -0.2) is 8.42 Å². The Kier molecular flexibility index (Phi) is 2.46. The Hall–Kier alpha value is -0.910. The number of nitrogens with two attached hydrogens (primary N) is 1. The quantitative estimate of drug-likeness (QED) is 0.719. The highest BCUT2D eigenvalue weighted by molar-refractivity contribution is 7.85. The fourth-order valence-electron chi connectivity index (χ4n) is 0.792. The van der Waals surface area contributed by atoms with Crippen molar-refractivity contribution in [2.45, 2.75) is 11.4 Å². The third-order valence-corrected chi connectivity index (χ3v) is 2.30. The van der Waals surface area contributed by atoms with Gasteiger partial charge in [0, 0.05) is 6.54 Å². The minimum atomic E-state index is -4.32. The third-order valence-electron chi connectivity index (χ3n) is 1.45. The van der Waals surface area contributed by atoms with Crippen molar-refractivity contribution >= 4 is 10.1 Å². The molecule has 0 saturated carbocycles. The van der Waals surface area contributed by atoms with Crippen LogP contribution in [0.2, 0.25) is 0 Å². The lowest BCUT2D eigenvalue weighted by molar-refractivity contribution is 0.414. The smallest absolute Gasteiger partial charge is 0.324 e. The van der Waals surface area contributed by atoms with Crippen molar-refractivity contribution in [1.29, 1.82) is 0 Å². The van der Waals surface area contributed by atoms with E-state index in [0.717, 1.165) is 5.56 Å². The maximum absolute atomic E-state index is 10.4. The molecule has 4 nitrogen and oxygen atoms in total. The molecule has 1 rings (SSSR count). The van der Waals surface area contributed by atoms with Crippen LogP contribution in [0.3, 0.4) is 0 Å². The van der Waals surface area contributed by atoms with Gasteiger partial charge in [-0.05, 0) is 17.7 Å². The molecule has 0 amide bonds. The summed E-state index contributed by atoms with van der Waals surface area (Å²) in [5.41, 5.74) is 6.08. The van der Waals surface area contributed by atoms with Crippen LogP contribution in [0.1, 0.15) is 5.56 Å². The topological polar surface area (TPSA) is 80.1 Å². The summed E-state index contributed by atoms with van der Waals surface area (Å²) in [6.07, 6.45) is 0. The summed E-state index contributed by atoms with van der Waals surface area (Å²) >= 11 is 0. The van der Waals surface area contributed by atoms with E-state index in [0.29, 0.717) is 6.54 Å². The molecule has 65 valence electrons. The molecule has 0 aliphatic carbocycles. The van der Waals surface area contributed by atoms with Gasteiger partial charge in [0.25, 0.3) is 0 Å². The molecule has 0 aromatic heterocycles. The maximum atomic E-state index is 10.4. The molecular weight excluding hydrogens is 178 g/mol. The summed E-state index contributed by atoms with van der Waals surface area (Å²) in [4.78, 5) is -0.222. The second kappa shape index (κ2) is 3.22. The molecule has 0 spiro atoms. The third kappa shape index (κ3) is 2.04. The van der Waals surface area contributed by atoms with Crippen molar-refractivity contribution in [1.82, 2.24) is 0 Å². The summed E-state index contributed by atoms with van der Waals surface area (Å²) in [7, 11) is -4.32. The van der Waals surface area contributed by atoms with Crippen LogP contribution in [0.4, 0.5) is 0 Å². The normalized spacial score (nSPS) is 11.5. The summed E-state index contributed by atoms with van der Waals surface area (Å²) < 4.78 is 31.3. The van der Waals surface area contributed by atoms with Gasteiger partial charge in [-0.2, -0.15) is 8.42 Å². The van der Waals surface area contributed by atoms with Crippen LogP contribution in [0.15, 0.2) is 29.2 Å². The molecule has 0 aliphatic heterocycles. The van der Waals surface area contributed by atoms with Gasteiger partial charge >= 0.3 is 10.1 Å². The standard InChI is InChI=1S/C7H8NO3S/c8-5-6-1-3-7(4-2-6)12(9,10)11/h1-4H,5,8H2. The fourth-order valence-corrected chi connectivity index (χ4v) is 1.26. The summed E-state index contributed by atoms with van der Waals surface area (Å²) in [6, 6.07) is 5.55. The van der Waals surface area contributed by atoms with Gasteiger partial charge < -0.3 is 5.73 Å². The van der Waals surface area contributed by atoms with Crippen molar-refractivity contribution in [2.24, 2.45) is 5.73 Å². The Morgan fingerprint density at radius 2 is 1.67 bits per heavy atom. The van der Waals surface area contributed by atoms with Gasteiger partial charge in [-0.15, -0.1) is 0 Å². The average Bonchev–Trinajstić information content (AvgIpc) is 2.03. The van der Waals surface area contributed by atoms with E-state index in [2.05, 4.69) is 0 Å². The number of hydrogen-bond acceptors (Lipinski definition) is 3. The second-order valence-electron chi connectivity index (χ2n) is 2.30. The molecular formula is C7H8NO3S. The zero-order valence-electron chi connectivity index (χ0n) is 6.23. The summed E-state index contributed by atoms with van der Waals surface area (Å²) in [5, 5.41) is 0. The predicted octanol–water partition coefficient (Wildman–Crippen LogP) is 0.265. The first kappa shape index (κ1) is 9.18. The van der Waals surface area contributed by atoms with E-state index in [1.807, 2.05) is 0 Å². The van der Waals surface area contributed by atoms with Crippen molar-refractivity contribution in [2.75, 3.05) is 0 Å². The summed E-state index contributed by atoms with van der Waals surface area (Å²) in [5.74, 6) is 0. The maximum Gasteiger partial charge on any atom is 0.324 e. The Bertz CT molecular complexity index is 355. The lowest BCUT2D eigenvalue weighted by Crippen LogP contribution is -1.99. The van der Waals surface area contributed by atoms with E-state index in [9.17, 15) is 13.0 Å². The van der Waals surface area contributed by atoms with Gasteiger partial charge in [-0.1, -0.05) is 16.7 Å². The van der Waals surface area contributed by atoms with E-state index in [1.165, 1.54) is 24.3 Å². The summed E-state index contributed by atoms with van der Waals surface area (Å²) in [6.45, 7) is 0.333. The van der Waals surface area contributed by atoms with Crippen LogP contribution in [0.5, 0.6) is 0 Å². The van der Waals surface area contributed by atoms with Crippen LogP contribution < -0.4 is 5.73 Å². The Morgan fingerprint density at radius 3 is 2.00 bits per heavy atom. The van der Waals surface area contributed by atoms with E-state index in [1.54, 1.807) is 0 Å². The number of rotatable bonds is 2. The minimum Gasteiger partial charge on any atom is -0.326 e. The van der Waals surface area contributed by atoms with Crippen LogP contribution in [0.25, 0.3) is 0 Å². The molecule has 5 heteroatoms. The van der Waals surface area contributed by atoms with Gasteiger partial charge in [0.2, 0.25) is 0 Å². The molecule has 0 atom stereocenters. The van der Waals surface area contributed by atoms with Crippen LogP contribution in [0, 0.1) is 0 Å². The van der Waals surface area contributed by atoms with Crippen molar-refractivity contribution in [3.63, 3.8) is 0 Å². The zero-order valence-corrected chi connectivity index (χ0v) is 7.04. The lowest BCUT2D eigenvalue weighted by Gasteiger charge is -1.96. The second-order valence-corrected chi connectivity index (χ2v) is 3.68. The largest absolute Gasteiger partial charge is 0.326 e. The molecule has 0 saturated heterocycles. The molecule has 0 fully saturated rings. The first-order valence-electron chi connectivity index (χ1n) is 3.29. The Balaban J connectivity index is 3.09. The molecule has 0 heterocycles. The van der Waals surface area contributed by atoms with Gasteiger partial charge in [0.15, 0.2) is 0 Å². The highest BCUT2D eigenvalue weighted by Gasteiger charge is 2.09. The van der Waals surface area contributed by atoms with E-state index >= 15 is 0 Å². The van der Waals surface area contributed by atoms with Crippen molar-refractivity contribution in [3.05, 3.63) is 29.8 Å². The lowest BCUT2D eigenvalue weighted by atomic mass is 10.2. The van der Waals surface area contributed by atoms with Gasteiger partial charge in [-0.3, -0.25) is 0 Å². The Morgan fingerprint density at radius 1 is 1.17 bits per heavy atom. The van der Waals surface area contributed by atoms with Crippen LogP contribution >= 0.6 is 0 Å². The molecule has 2 N–H and O–H groups in total. The molecule has 0 aliphatic rings.